The quantitative estimate of drug-likeness (QED) is 0.591. The van der Waals surface area contributed by atoms with E-state index in [2.05, 4.69) is 32.7 Å². The van der Waals surface area contributed by atoms with Crippen molar-refractivity contribution < 1.29 is 4.79 Å². The minimum Gasteiger partial charge on any atom is -0.396 e. The summed E-state index contributed by atoms with van der Waals surface area (Å²) in [7, 11) is 0. The number of pyridine rings is 2. The van der Waals surface area contributed by atoms with Gasteiger partial charge in [0.1, 0.15) is 5.15 Å². The van der Waals surface area contributed by atoms with E-state index in [1.54, 1.807) is 12.3 Å². The number of nitrogens with two attached hydrogens (primary N) is 1. The van der Waals surface area contributed by atoms with Gasteiger partial charge in [0.25, 0.3) is 0 Å². The molecule has 2 amide bonds. The maximum absolute atomic E-state index is 12.2. The highest BCUT2D eigenvalue weighted by atomic mass is 35.5. The van der Waals surface area contributed by atoms with E-state index in [0.717, 1.165) is 18.5 Å². The van der Waals surface area contributed by atoms with Gasteiger partial charge in [-0.25, -0.2) is 9.78 Å². The first-order valence-electron chi connectivity index (χ1n) is 8.08. The van der Waals surface area contributed by atoms with E-state index in [0.29, 0.717) is 17.1 Å². The van der Waals surface area contributed by atoms with Crippen LogP contribution in [0.3, 0.4) is 0 Å². The van der Waals surface area contributed by atoms with Crippen LogP contribution in [0.4, 0.5) is 21.9 Å². The second kappa shape index (κ2) is 8.31. The number of urea groups is 1. The van der Waals surface area contributed by atoms with Gasteiger partial charge in [0.2, 0.25) is 0 Å². The molecular weight excluding hydrogens is 350 g/mol. The van der Waals surface area contributed by atoms with E-state index in [1.807, 2.05) is 24.3 Å². The topological polar surface area (TPSA) is 92.9 Å². The summed E-state index contributed by atoms with van der Waals surface area (Å²) in [5.41, 5.74) is 9.31. The SMILES string of the molecule is Nc1cnc(Cl)cc1NC(=O)Nc1ccnc(CCc2ccccc2)c1. The predicted molar refractivity (Wildman–Crippen MR) is 104 cm³/mol. The first-order valence-corrected chi connectivity index (χ1v) is 8.46. The van der Waals surface area contributed by atoms with Crippen LogP contribution in [0.15, 0.2) is 60.9 Å². The molecule has 0 atom stereocenters. The van der Waals surface area contributed by atoms with Crippen molar-refractivity contribution in [2.75, 3.05) is 16.4 Å². The van der Waals surface area contributed by atoms with Crippen LogP contribution in [0.5, 0.6) is 0 Å². The third-order valence-corrected chi connectivity index (χ3v) is 3.94. The van der Waals surface area contributed by atoms with Crippen LogP contribution in [0.2, 0.25) is 5.15 Å². The fraction of sp³-hybridized carbons (Fsp3) is 0.105. The Morgan fingerprint density at radius 3 is 2.65 bits per heavy atom. The van der Waals surface area contributed by atoms with Crippen LogP contribution in [0, 0.1) is 0 Å². The summed E-state index contributed by atoms with van der Waals surface area (Å²) in [6, 6.07) is 14.9. The third-order valence-electron chi connectivity index (χ3n) is 3.74. The number of amides is 2. The smallest absolute Gasteiger partial charge is 0.323 e. The molecule has 0 spiro atoms. The van der Waals surface area contributed by atoms with Crippen molar-refractivity contribution in [2.24, 2.45) is 0 Å². The highest BCUT2D eigenvalue weighted by Gasteiger charge is 2.08. The minimum atomic E-state index is -0.417. The van der Waals surface area contributed by atoms with Crippen molar-refractivity contribution in [1.29, 1.82) is 0 Å². The van der Waals surface area contributed by atoms with Crippen molar-refractivity contribution in [3.05, 3.63) is 77.3 Å². The molecule has 132 valence electrons. The molecule has 6 nitrogen and oxygen atoms in total. The van der Waals surface area contributed by atoms with E-state index in [1.165, 1.54) is 17.8 Å². The number of hydrogen-bond acceptors (Lipinski definition) is 4. The Hall–Kier alpha value is -3.12. The van der Waals surface area contributed by atoms with Crippen LogP contribution < -0.4 is 16.4 Å². The highest BCUT2D eigenvalue weighted by Crippen LogP contribution is 2.21. The maximum Gasteiger partial charge on any atom is 0.323 e. The van der Waals surface area contributed by atoms with Crippen molar-refractivity contribution in [3.63, 3.8) is 0 Å². The zero-order chi connectivity index (χ0) is 18.4. The summed E-state index contributed by atoms with van der Waals surface area (Å²) in [5.74, 6) is 0. The first kappa shape index (κ1) is 17.7. The number of nitrogen functional groups attached to an aromatic ring is 1. The molecule has 7 heteroatoms. The largest absolute Gasteiger partial charge is 0.396 e. The molecule has 26 heavy (non-hydrogen) atoms. The summed E-state index contributed by atoms with van der Waals surface area (Å²) in [6.45, 7) is 0. The van der Waals surface area contributed by atoms with Gasteiger partial charge in [-0.05, 0) is 30.5 Å². The lowest BCUT2D eigenvalue weighted by atomic mass is 10.1. The number of aromatic nitrogens is 2. The Labute approximate surface area is 156 Å². The van der Waals surface area contributed by atoms with Gasteiger partial charge in [-0.1, -0.05) is 41.9 Å². The molecule has 0 aliphatic heterocycles. The van der Waals surface area contributed by atoms with Gasteiger partial charge in [-0.15, -0.1) is 0 Å². The molecule has 0 saturated heterocycles. The zero-order valence-corrected chi connectivity index (χ0v) is 14.7. The third kappa shape index (κ3) is 4.94. The van der Waals surface area contributed by atoms with Crippen molar-refractivity contribution in [2.45, 2.75) is 12.8 Å². The Morgan fingerprint density at radius 1 is 1.04 bits per heavy atom. The molecule has 2 aromatic heterocycles. The fourth-order valence-corrected chi connectivity index (χ4v) is 2.60. The molecule has 2 heterocycles. The Morgan fingerprint density at radius 2 is 1.85 bits per heavy atom. The molecule has 3 aromatic rings. The molecule has 4 N–H and O–H groups in total. The van der Waals surface area contributed by atoms with Crippen LogP contribution in [0.25, 0.3) is 0 Å². The fourth-order valence-electron chi connectivity index (χ4n) is 2.44. The van der Waals surface area contributed by atoms with Crippen LogP contribution in [-0.4, -0.2) is 16.0 Å². The number of hydrogen-bond donors (Lipinski definition) is 3. The van der Waals surface area contributed by atoms with E-state index < -0.39 is 6.03 Å². The molecule has 0 saturated carbocycles. The number of carbonyl (C=O) groups excluding carboxylic acids is 1. The van der Waals surface area contributed by atoms with Gasteiger partial charge >= 0.3 is 6.03 Å². The van der Waals surface area contributed by atoms with Crippen LogP contribution in [-0.2, 0) is 12.8 Å². The van der Waals surface area contributed by atoms with Crippen LogP contribution >= 0.6 is 11.6 Å². The predicted octanol–water partition coefficient (Wildman–Crippen LogP) is 4.14. The average Bonchev–Trinajstić information content (AvgIpc) is 2.64. The van der Waals surface area contributed by atoms with E-state index in [-0.39, 0.29) is 5.15 Å². The number of carbonyl (C=O) groups is 1. The molecular formula is C19H18ClN5O. The molecule has 0 radical (unpaired) electrons. The lowest BCUT2D eigenvalue weighted by Crippen LogP contribution is -2.20. The van der Waals surface area contributed by atoms with Crippen molar-refractivity contribution >= 4 is 34.7 Å². The van der Waals surface area contributed by atoms with Crippen molar-refractivity contribution in [3.8, 4) is 0 Å². The second-order valence-corrected chi connectivity index (χ2v) is 6.08. The Bertz CT molecular complexity index is 901. The van der Waals surface area contributed by atoms with Gasteiger partial charge in [0.05, 0.1) is 17.6 Å². The van der Waals surface area contributed by atoms with Crippen LogP contribution in [0.1, 0.15) is 11.3 Å². The first-order chi connectivity index (χ1) is 12.6. The second-order valence-electron chi connectivity index (χ2n) is 5.69. The molecule has 0 unspecified atom stereocenters. The van der Waals surface area contributed by atoms with Crippen molar-refractivity contribution in [1.82, 2.24) is 9.97 Å². The number of nitrogens with one attached hydrogen (secondary N) is 2. The number of anilines is 3. The lowest BCUT2D eigenvalue weighted by Gasteiger charge is -2.10. The zero-order valence-electron chi connectivity index (χ0n) is 13.9. The molecule has 0 aliphatic carbocycles. The van der Waals surface area contributed by atoms with Gasteiger partial charge in [-0.3, -0.25) is 4.98 Å². The van der Waals surface area contributed by atoms with Gasteiger partial charge in [0, 0.05) is 23.6 Å². The minimum absolute atomic E-state index is 0.251. The normalized spacial score (nSPS) is 10.3. The summed E-state index contributed by atoms with van der Waals surface area (Å²) >= 11 is 5.82. The summed E-state index contributed by atoms with van der Waals surface area (Å²) < 4.78 is 0. The molecule has 0 aliphatic rings. The standard InChI is InChI=1S/C19H18ClN5O/c20-18-11-17(16(21)12-23-18)25-19(26)24-15-8-9-22-14(10-15)7-6-13-4-2-1-3-5-13/h1-5,8-12H,6-7,21H2,(H2,22,23,24,25,26). The number of benzene rings is 1. The maximum atomic E-state index is 12.2. The molecule has 1 aromatic carbocycles. The van der Waals surface area contributed by atoms with E-state index in [9.17, 15) is 4.79 Å². The van der Waals surface area contributed by atoms with Gasteiger partial charge in [0.15, 0.2) is 0 Å². The number of rotatable bonds is 5. The number of halogens is 1. The Balaban J connectivity index is 1.61. The molecule has 0 fully saturated rings. The van der Waals surface area contributed by atoms with E-state index in [4.69, 9.17) is 17.3 Å². The lowest BCUT2D eigenvalue weighted by molar-refractivity contribution is 0.262. The number of aryl methyl sites for hydroxylation is 2. The molecule has 0 bridgehead atoms. The van der Waals surface area contributed by atoms with E-state index >= 15 is 0 Å². The monoisotopic (exact) mass is 367 g/mol. The average molecular weight is 368 g/mol. The summed E-state index contributed by atoms with van der Waals surface area (Å²) in [6.07, 6.45) is 4.74. The Kier molecular flexibility index (Phi) is 5.66. The summed E-state index contributed by atoms with van der Waals surface area (Å²) in [4.78, 5) is 20.4. The van der Waals surface area contributed by atoms with Gasteiger partial charge < -0.3 is 16.4 Å². The molecule has 3 rings (SSSR count). The highest BCUT2D eigenvalue weighted by molar-refractivity contribution is 6.29. The summed E-state index contributed by atoms with van der Waals surface area (Å²) in [5, 5.41) is 5.67. The van der Waals surface area contributed by atoms with Gasteiger partial charge in [-0.2, -0.15) is 0 Å². The number of nitrogens with zero attached hydrogens (tertiary/aromatic N) is 2.